The van der Waals surface area contributed by atoms with Crippen molar-refractivity contribution in [2.45, 2.75) is 12.3 Å². The molecule has 1 atom stereocenters. The minimum Gasteiger partial charge on any atom is -0.395 e. The number of rotatable bonds is 4. The van der Waals surface area contributed by atoms with Crippen molar-refractivity contribution in [3.63, 3.8) is 0 Å². The summed E-state index contributed by atoms with van der Waals surface area (Å²) >= 11 is 0. The van der Waals surface area contributed by atoms with Crippen LogP contribution in [-0.4, -0.2) is 43.0 Å². The van der Waals surface area contributed by atoms with E-state index in [1.165, 1.54) is 6.33 Å². The molecule has 3 aromatic rings. The van der Waals surface area contributed by atoms with E-state index in [-0.39, 0.29) is 6.61 Å². The van der Waals surface area contributed by atoms with Crippen LogP contribution in [0.3, 0.4) is 0 Å². The van der Waals surface area contributed by atoms with Crippen LogP contribution in [0.1, 0.15) is 18.1 Å². The second-order valence-electron chi connectivity index (χ2n) is 6.80. The average Bonchev–Trinajstić information content (AvgIpc) is 3.25. The Morgan fingerprint density at radius 3 is 2.96 bits per heavy atom. The molecular formula is C19H19N7O. The van der Waals surface area contributed by atoms with Crippen molar-refractivity contribution in [2.24, 2.45) is 7.05 Å². The van der Waals surface area contributed by atoms with E-state index < -0.39 is 5.41 Å². The molecule has 4 rings (SSSR count). The topological polar surface area (TPSA) is 101 Å². The normalized spacial score (nSPS) is 17.9. The van der Waals surface area contributed by atoms with Gasteiger partial charge in [0.2, 0.25) is 5.95 Å². The van der Waals surface area contributed by atoms with Crippen LogP contribution in [0.4, 0.5) is 17.5 Å². The Balaban J connectivity index is 1.75. The number of nitrogens with zero attached hydrogens (tertiary/aromatic N) is 5. The first kappa shape index (κ1) is 17.0. The molecule has 0 radical (unpaired) electrons. The first-order chi connectivity index (χ1) is 13.0. The lowest BCUT2D eigenvalue weighted by molar-refractivity contribution is 0.219. The van der Waals surface area contributed by atoms with Gasteiger partial charge in [0.15, 0.2) is 11.6 Å². The summed E-state index contributed by atoms with van der Waals surface area (Å²) in [5.74, 6) is 4.24. The number of hydrogen-bond acceptors (Lipinski definition) is 7. The number of hydrogen-bond donors (Lipinski definition) is 3. The molecule has 0 amide bonds. The SMILES string of the molecule is C#Cc1cc(-c2ncnc(Nc3ccn(C)n3)n2)cc2c1NCC2(C)CO. The Bertz CT molecular complexity index is 1050. The van der Waals surface area contributed by atoms with E-state index in [0.717, 1.165) is 22.4 Å². The molecule has 1 aliphatic heterocycles. The van der Waals surface area contributed by atoms with Gasteiger partial charge in [-0.25, -0.2) is 9.97 Å². The van der Waals surface area contributed by atoms with Gasteiger partial charge < -0.3 is 15.7 Å². The maximum Gasteiger partial charge on any atom is 0.231 e. The van der Waals surface area contributed by atoms with Gasteiger partial charge in [-0.3, -0.25) is 4.68 Å². The third-order valence-electron chi connectivity index (χ3n) is 4.73. The molecule has 1 aliphatic rings. The molecule has 8 nitrogen and oxygen atoms in total. The highest BCUT2D eigenvalue weighted by Crippen LogP contribution is 2.40. The minimum atomic E-state index is -0.404. The molecule has 0 fully saturated rings. The fraction of sp³-hybridized carbons (Fsp3) is 0.263. The molecule has 8 heteroatoms. The molecule has 0 bridgehead atoms. The molecule has 0 saturated carbocycles. The number of nitrogens with one attached hydrogen (secondary N) is 2. The van der Waals surface area contributed by atoms with Crippen molar-refractivity contribution in [1.29, 1.82) is 0 Å². The third kappa shape index (κ3) is 2.98. The van der Waals surface area contributed by atoms with Crippen molar-refractivity contribution < 1.29 is 5.11 Å². The van der Waals surface area contributed by atoms with Crippen LogP contribution in [0.15, 0.2) is 30.7 Å². The zero-order valence-corrected chi connectivity index (χ0v) is 15.1. The van der Waals surface area contributed by atoms with Gasteiger partial charge in [0.05, 0.1) is 12.3 Å². The Labute approximate surface area is 156 Å². The van der Waals surface area contributed by atoms with Crippen molar-refractivity contribution >= 4 is 17.5 Å². The molecule has 1 aromatic carbocycles. The van der Waals surface area contributed by atoms with E-state index in [0.29, 0.717) is 24.1 Å². The van der Waals surface area contributed by atoms with Crippen LogP contribution in [0, 0.1) is 12.3 Å². The number of anilines is 3. The Kier molecular flexibility index (Phi) is 4.01. The number of aromatic nitrogens is 5. The van der Waals surface area contributed by atoms with Crippen LogP contribution in [0.25, 0.3) is 11.4 Å². The molecule has 3 heterocycles. The van der Waals surface area contributed by atoms with Gasteiger partial charge >= 0.3 is 0 Å². The summed E-state index contributed by atoms with van der Waals surface area (Å²) in [5.41, 5.74) is 2.95. The molecule has 27 heavy (non-hydrogen) atoms. The summed E-state index contributed by atoms with van der Waals surface area (Å²) < 4.78 is 1.69. The summed E-state index contributed by atoms with van der Waals surface area (Å²) in [6.07, 6.45) is 8.98. The number of fused-ring (bicyclic) bond motifs is 1. The van der Waals surface area contributed by atoms with Crippen molar-refractivity contribution in [3.05, 3.63) is 41.9 Å². The Hall–Kier alpha value is -3.44. The number of aliphatic hydroxyl groups is 1. The Morgan fingerprint density at radius 1 is 1.41 bits per heavy atom. The van der Waals surface area contributed by atoms with E-state index in [9.17, 15) is 5.11 Å². The van der Waals surface area contributed by atoms with Gasteiger partial charge in [0.1, 0.15) is 6.33 Å². The first-order valence-corrected chi connectivity index (χ1v) is 8.48. The summed E-state index contributed by atoms with van der Waals surface area (Å²) in [7, 11) is 1.84. The van der Waals surface area contributed by atoms with Crippen LogP contribution in [-0.2, 0) is 12.5 Å². The second kappa shape index (κ2) is 6.37. The van der Waals surface area contributed by atoms with Gasteiger partial charge in [-0.2, -0.15) is 10.1 Å². The lowest BCUT2D eigenvalue weighted by Gasteiger charge is -2.21. The van der Waals surface area contributed by atoms with E-state index in [1.54, 1.807) is 4.68 Å². The molecule has 0 aliphatic carbocycles. The van der Waals surface area contributed by atoms with Crippen molar-refractivity contribution in [1.82, 2.24) is 24.7 Å². The fourth-order valence-corrected chi connectivity index (χ4v) is 3.16. The van der Waals surface area contributed by atoms with Crippen LogP contribution in [0.5, 0.6) is 0 Å². The summed E-state index contributed by atoms with van der Waals surface area (Å²) in [6, 6.07) is 5.68. The quantitative estimate of drug-likeness (QED) is 0.608. The molecule has 136 valence electrons. The largest absolute Gasteiger partial charge is 0.395 e. The molecule has 3 N–H and O–H groups in total. The van der Waals surface area contributed by atoms with Crippen LogP contribution in [0.2, 0.25) is 0 Å². The van der Waals surface area contributed by atoms with Gasteiger partial charge in [0, 0.05) is 42.4 Å². The third-order valence-corrected chi connectivity index (χ3v) is 4.73. The first-order valence-electron chi connectivity index (χ1n) is 8.48. The molecular weight excluding hydrogens is 342 g/mol. The molecule has 0 spiro atoms. The highest BCUT2D eigenvalue weighted by Gasteiger charge is 2.35. The predicted molar refractivity (Wildman–Crippen MR) is 103 cm³/mol. The Morgan fingerprint density at radius 2 is 2.26 bits per heavy atom. The zero-order chi connectivity index (χ0) is 19.0. The van der Waals surface area contributed by atoms with Crippen molar-refractivity contribution in [3.8, 4) is 23.7 Å². The zero-order valence-electron chi connectivity index (χ0n) is 15.1. The summed E-state index contributed by atoms with van der Waals surface area (Å²) in [6.45, 7) is 2.64. The van der Waals surface area contributed by atoms with E-state index >= 15 is 0 Å². The fourth-order valence-electron chi connectivity index (χ4n) is 3.16. The second-order valence-corrected chi connectivity index (χ2v) is 6.80. The van der Waals surface area contributed by atoms with Gasteiger partial charge in [-0.05, 0) is 17.7 Å². The lowest BCUT2D eigenvalue weighted by atomic mass is 9.83. The standard InChI is InChI=1S/C19H19N7O/c1-4-12-7-13(8-14-16(12)20-9-19(14,2)10-27)17-21-11-22-18(24-17)23-15-5-6-26(3)25-15/h1,5-8,11,20,27H,9-10H2,2-3H3,(H,21,22,23,24,25). The van der Waals surface area contributed by atoms with Crippen molar-refractivity contribution in [2.75, 3.05) is 23.8 Å². The van der Waals surface area contributed by atoms with E-state index in [2.05, 4.69) is 36.6 Å². The summed E-state index contributed by atoms with van der Waals surface area (Å²) in [5, 5.41) is 20.5. The monoisotopic (exact) mass is 361 g/mol. The number of aliphatic hydroxyl groups excluding tert-OH is 1. The molecule has 2 aromatic heterocycles. The highest BCUT2D eigenvalue weighted by molar-refractivity contribution is 5.76. The maximum absolute atomic E-state index is 9.86. The van der Waals surface area contributed by atoms with Gasteiger partial charge in [-0.15, -0.1) is 6.42 Å². The maximum atomic E-state index is 9.86. The minimum absolute atomic E-state index is 0.0180. The number of benzene rings is 1. The number of terminal acetylenes is 1. The van der Waals surface area contributed by atoms with E-state index in [1.807, 2.05) is 38.4 Å². The van der Waals surface area contributed by atoms with Gasteiger partial charge in [-0.1, -0.05) is 12.8 Å². The summed E-state index contributed by atoms with van der Waals surface area (Å²) in [4.78, 5) is 12.9. The lowest BCUT2D eigenvalue weighted by Crippen LogP contribution is -2.28. The van der Waals surface area contributed by atoms with E-state index in [4.69, 9.17) is 6.42 Å². The molecule has 0 saturated heterocycles. The number of aryl methyl sites for hydroxylation is 1. The van der Waals surface area contributed by atoms with Crippen LogP contribution < -0.4 is 10.6 Å². The molecule has 1 unspecified atom stereocenters. The van der Waals surface area contributed by atoms with Gasteiger partial charge in [0.25, 0.3) is 0 Å². The van der Waals surface area contributed by atoms with Crippen LogP contribution >= 0.6 is 0 Å². The smallest absolute Gasteiger partial charge is 0.231 e. The predicted octanol–water partition coefficient (Wildman–Crippen LogP) is 1.67. The highest BCUT2D eigenvalue weighted by atomic mass is 16.3. The average molecular weight is 361 g/mol.